The molecule has 428 valence electrons. The Morgan fingerprint density at radius 3 is 1.41 bits per heavy atom. The van der Waals surface area contributed by atoms with E-state index in [1.807, 2.05) is 59.2 Å². The zero-order valence-electron chi connectivity index (χ0n) is 46.5. The van der Waals surface area contributed by atoms with Crippen LogP contribution >= 0.6 is 0 Å². The van der Waals surface area contributed by atoms with Crippen LogP contribution in [0.15, 0.2) is 83.9 Å². The van der Waals surface area contributed by atoms with Crippen LogP contribution in [0.25, 0.3) is 56.5 Å². The molecule has 81 heavy (non-hydrogen) atoms. The van der Waals surface area contributed by atoms with Gasteiger partial charge in [0.25, 0.3) is 17.7 Å². The Morgan fingerprint density at radius 2 is 1.01 bits per heavy atom. The summed E-state index contributed by atoms with van der Waals surface area (Å²) in [5.74, 6) is -0.563. The molecule has 0 unspecified atom stereocenters. The Morgan fingerprint density at radius 1 is 0.593 bits per heavy atom. The molecule has 11 rings (SSSR count). The molecule has 3 amide bonds. The van der Waals surface area contributed by atoms with Crippen LogP contribution in [-0.2, 0) is 43.1 Å². The number of aromatic nitrogens is 2. The molecule has 1 saturated heterocycles. The third-order valence-corrected chi connectivity index (χ3v) is 19.4. The number of carboxylic acids is 1. The molecular weight excluding hydrogens is 1070 g/mol. The van der Waals surface area contributed by atoms with Gasteiger partial charge in [0.05, 0.1) is 44.3 Å². The summed E-state index contributed by atoms with van der Waals surface area (Å²) >= 11 is 0. The van der Waals surface area contributed by atoms with Crippen molar-refractivity contribution < 1.29 is 55.7 Å². The van der Waals surface area contributed by atoms with Crippen molar-refractivity contribution in [3.8, 4) is 34.0 Å². The maximum absolute atomic E-state index is 13.8. The smallest absolute Gasteiger partial charge is 0.333 e. The molecule has 3 aliphatic heterocycles. The van der Waals surface area contributed by atoms with Gasteiger partial charge >= 0.3 is 26.4 Å². The molecule has 5 heterocycles. The number of likely N-dealkylation sites (tertiary alicyclic amines) is 1. The van der Waals surface area contributed by atoms with Crippen molar-refractivity contribution in [2.75, 3.05) is 62.1 Å². The van der Waals surface area contributed by atoms with Gasteiger partial charge in [-0.1, -0.05) is 50.7 Å². The highest BCUT2D eigenvalue weighted by molar-refractivity contribution is 7.88. The van der Waals surface area contributed by atoms with Gasteiger partial charge in [-0.05, 0) is 133 Å². The number of fused-ring (bicyclic) bond motifs is 10. The Hall–Kier alpha value is -7.30. The zero-order valence-corrected chi connectivity index (χ0v) is 48.1. The number of methoxy groups -OCH3 is 2. The van der Waals surface area contributed by atoms with Gasteiger partial charge in [0.1, 0.15) is 11.5 Å². The number of benzene rings is 4. The summed E-state index contributed by atoms with van der Waals surface area (Å²) in [4.78, 5) is 53.9. The Bertz CT molecular complexity index is 3800. The summed E-state index contributed by atoms with van der Waals surface area (Å²) in [5.41, 5.74) is 10.5. The molecule has 21 heteroatoms. The Labute approximate surface area is 472 Å². The number of ether oxygens (including phenoxy) is 2. The monoisotopic (exact) mass is 1140 g/mol. The molecule has 0 radical (unpaired) electrons. The minimum atomic E-state index is -3.98. The lowest BCUT2D eigenvalue weighted by Crippen LogP contribution is -2.52. The van der Waals surface area contributed by atoms with Crippen molar-refractivity contribution in [2.45, 2.75) is 89.1 Å². The lowest BCUT2D eigenvalue weighted by molar-refractivity contribution is -0.134. The van der Waals surface area contributed by atoms with E-state index in [-0.39, 0.29) is 54.1 Å². The first-order valence-electron chi connectivity index (χ1n) is 27.4. The summed E-state index contributed by atoms with van der Waals surface area (Å²) in [7, 11) is 0.658. The summed E-state index contributed by atoms with van der Waals surface area (Å²) < 4.78 is 70.6. The number of carboxylic acid groups (broad SMARTS) is 1. The lowest BCUT2D eigenvalue weighted by atomic mass is 9.81. The van der Waals surface area contributed by atoms with Crippen LogP contribution < -0.4 is 18.9 Å². The number of aliphatic carboxylic acids is 1. The van der Waals surface area contributed by atoms with Crippen LogP contribution in [0.4, 0.5) is 0 Å². The first kappa shape index (κ1) is 57.0. The number of carbonyl (C=O) groups excluding carboxylic acids is 3. The number of hydrogen-bond acceptors (Lipinski definition) is 11. The average molecular weight is 1140 g/mol. The highest BCUT2D eigenvalue weighted by Crippen LogP contribution is 2.49. The summed E-state index contributed by atoms with van der Waals surface area (Å²) in [6, 6.07) is 22.1. The van der Waals surface area contributed by atoms with Crippen LogP contribution in [0.1, 0.15) is 119 Å². The SMILES string of the molecule is COc1ccc2c(c1)C=C(C(=O)N1CC(CO)C1)Cn1c-2c(C2CCCCC2)c2ccc(C(=O)NS(=O)(=O)N(C)C)cc21.COc1ccc2c(c1)C=C(C(=O)O)Cn1c-2c(C2CCCCC2)c2ccc(C(=O)NS(=O)(=O)N(C)C)cc21. The molecule has 19 nitrogen and oxygen atoms in total. The first-order valence-corrected chi connectivity index (χ1v) is 30.3. The maximum Gasteiger partial charge on any atom is 0.333 e. The van der Waals surface area contributed by atoms with Crippen molar-refractivity contribution >= 4 is 78.1 Å². The maximum atomic E-state index is 13.8. The standard InChI is InChI=1S/C32H38N4O6S.C28H31N3O6S/c1-34(2)43(40,41)33-31(38)22-9-11-27-28(15-22)36-18-24(32(39)35-16-20(17-35)19-37)13-23-14-25(42-3)10-12-26(23)30(36)29(27)21-7-5-4-6-8-21;1-30(2)38(35,36)29-27(32)18-9-11-23-24(15-18)31-16-20(28(33)34)13-19-14-21(37-3)10-12-22(19)26(31)25(23)17-7-5-4-6-8-17/h9-15,20-21,37H,4-8,16-19H2,1-3H3,(H,33,38);9-15,17H,4-8,16H2,1-3H3,(H,29,32)(H,33,34). The second-order valence-corrected chi connectivity index (χ2v) is 25.8. The predicted octanol–water partition coefficient (Wildman–Crippen LogP) is 8.13. The van der Waals surface area contributed by atoms with E-state index in [0.29, 0.717) is 41.6 Å². The third kappa shape index (κ3) is 11.1. The normalized spacial score (nSPS) is 16.8. The summed E-state index contributed by atoms with van der Waals surface area (Å²) in [6.07, 6.45) is 14.7. The molecule has 0 atom stereocenters. The number of rotatable bonds is 13. The van der Waals surface area contributed by atoms with E-state index in [0.717, 1.165) is 115 Å². The van der Waals surface area contributed by atoms with Crippen molar-refractivity contribution in [1.82, 2.24) is 32.1 Å². The second kappa shape index (κ2) is 22.9. The second-order valence-electron chi connectivity index (χ2n) is 22.1. The largest absolute Gasteiger partial charge is 0.497 e. The van der Waals surface area contributed by atoms with Gasteiger partial charge in [-0.15, -0.1) is 0 Å². The fraction of sp³-hybridized carbons (Fsp3) is 0.400. The molecule has 4 aromatic carbocycles. The van der Waals surface area contributed by atoms with E-state index < -0.39 is 38.2 Å². The fourth-order valence-corrected chi connectivity index (χ4v) is 13.3. The molecule has 2 aliphatic carbocycles. The van der Waals surface area contributed by atoms with E-state index in [4.69, 9.17) is 9.47 Å². The van der Waals surface area contributed by atoms with Crippen molar-refractivity contribution in [2.24, 2.45) is 5.92 Å². The van der Waals surface area contributed by atoms with Crippen LogP contribution in [0.3, 0.4) is 0 Å². The Balaban J connectivity index is 0.000000183. The number of hydrogen-bond donors (Lipinski definition) is 4. The predicted molar refractivity (Wildman–Crippen MR) is 310 cm³/mol. The highest BCUT2D eigenvalue weighted by Gasteiger charge is 2.36. The quantitative estimate of drug-likeness (QED) is 0.0858. The number of nitrogens with zero attached hydrogens (tertiary/aromatic N) is 5. The zero-order chi connectivity index (χ0) is 57.7. The Kier molecular flexibility index (Phi) is 16.1. The van der Waals surface area contributed by atoms with E-state index in [2.05, 4.69) is 14.0 Å². The van der Waals surface area contributed by atoms with Crippen molar-refractivity contribution in [1.29, 1.82) is 0 Å². The molecular formula is C60H69N7O12S2. The van der Waals surface area contributed by atoms with E-state index in [1.165, 1.54) is 46.6 Å². The molecule has 6 aromatic rings. The first-order chi connectivity index (χ1) is 38.7. The number of aliphatic hydroxyl groups is 1. The minimum Gasteiger partial charge on any atom is -0.497 e. The third-order valence-electron chi connectivity index (χ3n) is 16.6. The molecule has 5 aliphatic rings. The lowest BCUT2D eigenvalue weighted by Gasteiger charge is -2.38. The van der Waals surface area contributed by atoms with Crippen LogP contribution in [0.2, 0.25) is 0 Å². The van der Waals surface area contributed by atoms with Crippen molar-refractivity contribution in [3.63, 3.8) is 0 Å². The van der Waals surface area contributed by atoms with E-state index in [1.54, 1.807) is 49.5 Å². The highest BCUT2D eigenvalue weighted by atomic mass is 32.2. The summed E-state index contributed by atoms with van der Waals surface area (Å²) in [5, 5.41) is 21.5. The number of amides is 3. The van der Waals surface area contributed by atoms with Gasteiger partial charge in [-0.25, -0.2) is 14.2 Å². The van der Waals surface area contributed by atoms with Crippen molar-refractivity contribution in [3.05, 3.63) is 117 Å². The summed E-state index contributed by atoms with van der Waals surface area (Å²) in [6.45, 7) is 1.46. The topological polar surface area (TPSA) is 239 Å². The van der Waals surface area contributed by atoms with E-state index in [9.17, 15) is 46.2 Å². The van der Waals surface area contributed by atoms with Crippen LogP contribution in [0, 0.1) is 5.92 Å². The number of carbonyl (C=O) groups is 4. The molecule has 2 aromatic heterocycles. The minimum absolute atomic E-state index is 0.0500. The number of nitrogens with one attached hydrogen (secondary N) is 2. The van der Waals surface area contributed by atoms with Gasteiger partial charge in [-0.2, -0.15) is 25.4 Å². The molecule has 2 saturated carbocycles. The van der Waals surface area contributed by atoms with Gasteiger partial charge < -0.3 is 33.7 Å². The van der Waals surface area contributed by atoms with Gasteiger partial charge in [0, 0.05) is 103 Å². The number of aliphatic hydroxyl groups excluding tert-OH is 1. The van der Waals surface area contributed by atoms with Gasteiger partial charge in [0.15, 0.2) is 0 Å². The molecule has 3 fully saturated rings. The van der Waals surface area contributed by atoms with Gasteiger partial charge in [-0.3, -0.25) is 14.4 Å². The van der Waals surface area contributed by atoms with Gasteiger partial charge in [0.2, 0.25) is 0 Å². The van der Waals surface area contributed by atoms with E-state index >= 15 is 0 Å². The van der Waals surface area contributed by atoms with Crippen LogP contribution in [-0.4, -0.2) is 135 Å². The fourth-order valence-electron chi connectivity index (χ4n) is 12.2. The molecule has 0 bridgehead atoms. The average Bonchev–Trinajstić information content (AvgIpc) is 2.44. The molecule has 0 spiro atoms. The molecule has 4 N–H and O–H groups in total. The van der Waals surface area contributed by atoms with Crippen LogP contribution in [0.5, 0.6) is 11.5 Å².